The highest BCUT2D eigenvalue weighted by Crippen LogP contribution is 2.34. The molecule has 3 rings (SSSR count). The van der Waals surface area contributed by atoms with Crippen LogP contribution in [-0.4, -0.2) is 53.0 Å². The van der Waals surface area contributed by atoms with Crippen LogP contribution in [-0.2, 0) is 9.59 Å². The van der Waals surface area contributed by atoms with Gasteiger partial charge in [-0.1, -0.05) is 6.07 Å². The first-order valence-electron chi connectivity index (χ1n) is 9.46. The van der Waals surface area contributed by atoms with E-state index in [1.807, 2.05) is 17.9 Å². The van der Waals surface area contributed by atoms with Crippen molar-refractivity contribution in [3.8, 4) is 0 Å². The second-order valence-corrected chi connectivity index (χ2v) is 7.77. The minimum atomic E-state index is -0.798. The lowest BCUT2D eigenvalue weighted by molar-refractivity contribution is -0.139. The van der Waals surface area contributed by atoms with E-state index in [1.165, 1.54) is 19.8 Å². The number of hydrogen-bond donors (Lipinski definition) is 3. The Balaban J connectivity index is 1.55. The molecular weight excluding hydrogens is 346 g/mol. The van der Waals surface area contributed by atoms with E-state index in [9.17, 15) is 14.4 Å². The van der Waals surface area contributed by atoms with Gasteiger partial charge in [0.15, 0.2) is 0 Å². The van der Waals surface area contributed by atoms with E-state index >= 15 is 0 Å². The molecule has 146 valence electrons. The van der Waals surface area contributed by atoms with Crippen LogP contribution in [0.15, 0.2) is 18.2 Å². The number of anilines is 1. The van der Waals surface area contributed by atoms with Crippen LogP contribution in [0.3, 0.4) is 0 Å². The lowest BCUT2D eigenvalue weighted by Gasteiger charge is -2.42. The van der Waals surface area contributed by atoms with Crippen molar-refractivity contribution in [2.45, 2.75) is 51.6 Å². The summed E-state index contributed by atoms with van der Waals surface area (Å²) in [4.78, 5) is 37.0. The van der Waals surface area contributed by atoms with Gasteiger partial charge in [-0.15, -0.1) is 0 Å². The first kappa shape index (κ1) is 19.4. The van der Waals surface area contributed by atoms with Crippen molar-refractivity contribution in [3.63, 3.8) is 0 Å². The van der Waals surface area contributed by atoms with Gasteiger partial charge in [0.2, 0.25) is 5.91 Å². The fourth-order valence-corrected chi connectivity index (χ4v) is 3.56. The Kier molecular flexibility index (Phi) is 5.79. The van der Waals surface area contributed by atoms with Crippen molar-refractivity contribution >= 4 is 23.5 Å². The third-order valence-corrected chi connectivity index (χ3v) is 5.30. The molecule has 0 radical (unpaired) electrons. The number of nitrogens with one attached hydrogen (secondary N) is 2. The Morgan fingerprint density at radius 1 is 1.22 bits per heavy atom. The molecule has 2 amide bonds. The number of nitrogens with zero attached hydrogens (tertiary/aromatic N) is 1. The summed E-state index contributed by atoms with van der Waals surface area (Å²) in [6, 6.07) is 5.55. The molecule has 0 bridgehead atoms. The summed E-state index contributed by atoms with van der Waals surface area (Å²) in [6.45, 7) is 4.20. The molecule has 1 aromatic rings. The number of amides is 2. The van der Waals surface area contributed by atoms with Gasteiger partial charge >= 0.3 is 5.97 Å². The zero-order valence-corrected chi connectivity index (χ0v) is 15.8. The Bertz CT molecular complexity index is 739. The van der Waals surface area contributed by atoms with Crippen LogP contribution in [0.5, 0.6) is 0 Å². The van der Waals surface area contributed by atoms with Gasteiger partial charge in [0.1, 0.15) is 0 Å². The van der Waals surface area contributed by atoms with Gasteiger partial charge < -0.3 is 15.7 Å². The second-order valence-electron chi connectivity index (χ2n) is 7.77. The molecule has 27 heavy (non-hydrogen) atoms. The first-order chi connectivity index (χ1) is 12.8. The monoisotopic (exact) mass is 373 g/mol. The van der Waals surface area contributed by atoms with E-state index in [0.29, 0.717) is 17.2 Å². The highest BCUT2D eigenvalue weighted by Gasteiger charge is 2.37. The lowest BCUT2D eigenvalue weighted by Crippen LogP contribution is -2.55. The predicted molar refractivity (Wildman–Crippen MR) is 102 cm³/mol. The van der Waals surface area contributed by atoms with Gasteiger partial charge in [0.05, 0.1) is 6.54 Å². The molecule has 2 aliphatic rings. The minimum absolute atomic E-state index is 0.0572. The molecule has 0 atom stereocenters. The maximum Gasteiger partial charge on any atom is 0.317 e. The van der Waals surface area contributed by atoms with Gasteiger partial charge in [-0.05, 0) is 56.2 Å². The number of rotatable bonds is 8. The number of hydrogen-bond acceptors (Lipinski definition) is 4. The van der Waals surface area contributed by atoms with Gasteiger partial charge in [-0.2, -0.15) is 0 Å². The highest BCUT2D eigenvalue weighted by atomic mass is 16.4. The molecule has 2 saturated carbocycles. The molecule has 7 nitrogen and oxygen atoms in total. The third-order valence-electron chi connectivity index (χ3n) is 5.30. The number of carbonyl (C=O) groups excluding carboxylic acids is 2. The third kappa shape index (κ3) is 5.29. The molecule has 7 heteroatoms. The smallest absolute Gasteiger partial charge is 0.317 e. The fraction of sp³-hybridized carbons (Fsp3) is 0.550. The van der Waals surface area contributed by atoms with Crippen molar-refractivity contribution in [2.24, 2.45) is 5.92 Å². The fourth-order valence-electron chi connectivity index (χ4n) is 3.56. The SMILES string of the molecule is CC(=O)Nc1ccc(C)c(C(=O)NC2CC(N(CC(=O)O)CC3CC3)C2)c1. The average Bonchev–Trinajstić information content (AvgIpc) is 3.34. The quantitative estimate of drug-likeness (QED) is 0.647. The Hall–Kier alpha value is -2.41. The van der Waals surface area contributed by atoms with E-state index in [0.717, 1.165) is 24.9 Å². The van der Waals surface area contributed by atoms with Gasteiger partial charge in [-0.3, -0.25) is 19.3 Å². The number of carboxylic acids is 1. The number of carbonyl (C=O) groups is 3. The van der Waals surface area contributed by atoms with Gasteiger partial charge in [0, 0.05) is 36.8 Å². The summed E-state index contributed by atoms with van der Waals surface area (Å²) in [5, 5.41) is 14.9. The molecular formula is C20H27N3O4. The zero-order chi connectivity index (χ0) is 19.6. The normalized spacial score (nSPS) is 21.4. The van der Waals surface area contributed by atoms with Gasteiger partial charge in [-0.25, -0.2) is 0 Å². The standard InChI is InChI=1S/C20H27N3O4/c1-12-3-6-15(21-13(2)24)9-18(12)20(27)22-16-7-17(8-16)23(11-19(25)26)10-14-4-5-14/h3,6,9,14,16-17H,4-5,7-8,10-11H2,1-2H3,(H,21,24)(H,22,27)(H,25,26). The number of carboxylic acid groups (broad SMARTS) is 1. The van der Waals surface area contributed by atoms with Crippen LogP contribution in [0.1, 0.15) is 48.5 Å². The molecule has 2 fully saturated rings. The highest BCUT2D eigenvalue weighted by molar-refractivity contribution is 5.98. The average molecular weight is 373 g/mol. The van der Waals surface area contributed by atoms with Crippen LogP contribution >= 0.6 is 0 Å². The van der Waals surface area contributed by atoms with E-state index < -0.39 is 5.97 Å². The predicted octanol–water partition coefficient (Wildman–Crippen LogP) is 2.01. The second kappa shape index (κ2) is 8.08. The van der Waals surface area contributed by atoms with Crippen molar-refractivity contribution in [2.75, 3.05) is 18.4 Å². The van der Waals surface area contributed by atoms with Crippen LogP contribution in [0, 0.1) is 12.8 Å². The molecule has 0 unspecified atom stereocenters. The van der Waals surface area contributed by atoms with E-state index in [-0.39, 0.29) is 30.4 Å². The van der Waals surface area contributed by atoms with Crippen LogP contribution in [0.2, 0.25) is 0 Å². The maximum absolute atomic E-state index is 12.6. The summed E-state index contributed by atoms with van der Waals surface area (Å²) < 4.78 is 0. The summed E-state index contributed by atoms with van der Waals surface area (Å²) in [5.41, 5.74) is 1.99. The largest absolute Gasteiger partial charge is 0.480 e. The van der Waals surface area contributed by atoms with E-state index in [1.54, 1.807) is 12.1 Å². The molecule has 2 aliphatic carbocycles. The summed E-state index contributed by atoms with van der Waals surface area (Å²) in [6.07, 6.45) is 3.92. The summed E-state index contributed by atoms with van der Waals surface area (Å²) in [5.74, 6) is -0.498. The van der Waals surface area contributed by atoms with Crippen LogP contribution in [0.25, 0.3) is 0 Å². The molecule has 0 aliphatic heterocycles. The van der Waals surface area contributed by atoms with Crippen molar-refractivity contribution in [1.82, 2.24) is 10.2 Å². The Morgan fingerprint density at radius 3 is 2.52 bits per heavy atom. The van der Waals surface area contributed by atoms with Crippen molar-refractivity contribution in [3.05, 3.63) is 29.3 Å². The number of benzene rings is 1. The number of aryl methyl sites for hydroxylation is 1. The lowest BCUT2D eigenvalue weighted by atomic mass is 9.85. The number of aliphatic carboxylic acids is 1. The van der Waals surface area contributed by atoms with E-state index in [2.05, 4.69) is 10.6 Å². The Morgan fingerprint density at radius 2 is 1.93 bits per heavy atom. The summed E-state index contributed by atoms with van der Waals surface area (Å²) >= 11 is 0. The molecule has 0 heterocycles. The minimum Gasteiger partial charge on any atom is -0.480 e. The maximum atomic E-state index is 12.6. The summed E-state index contributed by atoms with van der Waals surface area (Å²) in [7, 11) is 0. The molecule has 0 spiro atoms. The van der Waals surface area contributed by atoms with Crippen LogP contribution in [0.4, 0.5) is 5.69 Å². The first-order valence-corrected chi connectivity index (χ1v) is 9.46. The van der Waals surface area contributed by atoms with Crippen molar-refractivity contribution in [1.29, 1.82) is 0 Å². The van der Waals surface area contributed by atoms with E-state index in [4.69, 9.17) is 5.11 Å². The van der Waals surface area contributed by atoms with Crippen molar-refractivity contribution < 1.29 is 19.5 Å². The molecule has 1 aromatic carbocycles. The van der Waals surface area contributed by atoms with Gasteiger partial charge in [0.25, 0.3) is 5.91 Å². The zero-order valence-electron chi connectivity index (χ0n) is 15.8. The molecule has 3 N–H and O–H groups in total. The molecule has 0 aromatic heterocycles. The van der Waals surface area contributed by atoms with Crippen LogP contribution < -0.4 is 10.6 Å². The topological polar surface area (TPSA) is 98.7 Å². The molecule has 0 saturated heterocycles. The Labute approximate surface area is 159 Å².